The summed E-state index contributed by atoms with van der Waals surface area (Å²) in [6.07, 6.45) is 4.15. The molecule has 0 saturated carbocycles. The van der Waals surface area contributed by atoms with Gasteiger partial charge in [0.05, 0.1) is 12.4 Å². The molecule has 0 bridgehead atoms. The molecule has 7 heteroatoms. The van der Waals surface area contributed by atoms with Gasteiger partial charge in [-0.05, 0) is 34.5 Å². The largest absolute Gasteiger partial charge is 0.339 e. The van der Waals surface area contributed by atoms with Gasteiger partial charge in [0.25, 0.3) is 0 Å². The molecular formula is C12H11ClN6. The summed E-state index contributed by atoms with van der Waals surface area (Å²) in [7, 11) is 0. The second kappa shape index (κ2) is 5.19. The minimum Gasteiger partial charge on any atom is -0.339 e. The Bertz CT molecular complexity index is 678. The van der Waals surface area contributed by atoms with Crippen LogP contribution in [0.4, 0.5) is 11.5 Å². The summed E-state index contributed by atoms with van der Waals surface area (Å²) in [6, 6.07) is 8.06. The molecule has 19 heavy (non-hydrogen) atoms. The topological polar surface area (TPSA) is 68.0 Å². The maximum Gasteiger partial charge on any atom is 0.199 e. The van der Waals surface area contributed by atoms with E-state index < -0.39 is 0 Å². The average molecular weight is 275 g/mol. The van der Waals surface area contributed by atoms with E-state index in [0.29, 0.717) is 17.3 Å². The van der Waals surface area contributed by atoms with Crippen molar-refractivity contribution in [2.24, 2.45) is 0 Å². The van der Waals surface area contributed by atoms with Crippen LogP contribution in [-0.4, -0.2) is 30.9 Å². The fourth-order valence-corrected chi connectivity index (χ4v) is 1.99. The molecule has 0 saturated heterocycles. The van der Waals surface area contributed by atoms with Gasteiger partial charge in [-0.3, -0.25) is 4.98 Å². The van der Waals surface area contributed by atoms with Crippen LogP contribution >= 0.6 is 11.6 Å². The molecule has 1 aromatic carbocycles. The van der Waals surface area contributed by atoms with E-state index in [1.807, 2.05) is 24.3 Å². The van der Waals surface area contributed by atoms with Gasteiger partial charge in [-0.15, -0.1) is 16.7 Å². The normalized spacial score (nSPS) is 10.8. The molecule has 3 aromatic rings. The monoisotopic (exact) mass is 274 g/mol. The van der Waals surface area contributed by atoms with E-state index in [0.717, 1.165) is 12.1 Å². The van der Waals surface area contributed by atoms with Crippen LogP contribution in [0.5, 0.6) is 0 Å². The van der Waals surface area contributed by atoms with Crippen molar-refractivity contribution in [2.75, 3.05) is 11.2 Å². The number of hydrogen-bond donors (Lipinski definition) is 1. The molecule has 96 valence electrons. The number of rotatable bonds is 4. The number of aryl methyl sites for hydroxylation is 1. The van der Waals surface area contributed by atoms with E-state index in [4.69, 9.17) is 11.6 Å². The first-order valence-corrected chi connectivity index (χ1v) is 6.34. The average Bonchev–Trinajstić information content (AvgIpc) is 2.91. The van der Waals surface area contributed by atoms with Crippen molar-refractivity contribution < 1.29 is 0 Å². The molecule has 0 fully saturated rings. The second-order valence-corrected chi connectivity index (χ2v) is 4.38. The molecule has 0 unspecified atom stereocenters. The van der Waals surface area contributed by atoms with E-state index in [2.05, 4.69) is 25.8 Å². The Morgan fingerprint density at radius 1 is 1.16 bits per heavy atom. The van der Waals surface area contributed by atoms with Gasteiger partial charge in [0.2, 0.25) is 0 Å². The highest BCUT2D eigenvalue weighted by atomic mass is 35.5. The molecule has 1 N–H and O–H groups in total. The zero-order chi connectivity index (χ0) is 13.1. The molecule has 0 aliphatic heterocycles. The molecule has 2 heterocycles. The van der Waals surface area contributed by atoms with Crippen molar-refractivity contribution in [1.82, 2.24) is 25.0 Å². The first-order valence-electron chi connectivity index (χ1n) is 5.81. The van der Waals surface area contributed by atoms with Gasteiger partial charge in [-0.1, -0.05) is 12.1 Å². The molecule has 3 rings (SSSR count). The van der Waals surface area contributed by atoms with Crippen molar-refractivity contribution in [3.8, 4) is 0 Å². The van der Waals surface area contributed by atoms with Crippen LogP contribution in [0, 0.1) is 0 Å². The zero-order valence-electron chi connectivity index (χ0n) is 9.99. The number of nitrogens with one attached hydrogen (secondary N) is 1. The lowest BCUT2D eigenvalue weighted by molar-refractivity contribution is 0.826. The summed E-state index contributed by atoms with van der Waals surface area (Å²) in [4.78, 5) is 4.08. The summed E-state index contributed by atoms with van der Waals surface area (Å²) in [5, 5.41) is 14.6. The number of halogens is 1. The predicted molar refractivity (Wildman–Crippen MR) is 72.7 cm³/mol. The van der Waals surface area contributed by atoms with E-state index >= 15 is 0 Å². The van der Waals surface area contributed by atoms with Crippen LogP contribution in [0.25, 0.3) is 5.65 Å². The maximum atomic E-state index is 5.71. The molecule has 0 amide bonds. The quantitative estimate of drug-likeness (QED) is 0.738. The first-order chi connectivity index (χ1) is 9.36. The Morgan fingerprint density at radius 2 is 2.00 bits per heavy atom. The summed E-state index contributed by atoms with van der Waals surface area (Å²) in [6.45, 7) is 0. The molecule has 0 atom stereocenters. The summed E-state index contributed by atoms with van der Waals surface area (Å²) in [5.74, 6) is 1.34. The van der Waals surface area contributed by atoms with Crippen LogP contribution in [-0.2, 0) is 6.42 Å². The Kier molecular flexibility index (Phi) is 3.24. The molecule has 0 aliphatic rings. The number of aromatic nitrogens is 5. The highest BCUT2D eigenvalue weighted by molar-refractivity contribution is 6.17. The predicted octanol–water partition coefficient (Wildman–Crippen LogP) is 2.04. The Morgan fingerprint density at radius 3 is 2.79 bits per heavy atom. The van der Waals surface area contributed by atoms with Crippen molar-refractivity contribution in [3.63, 3.8) is 0 Å². The lowest BCUT2D eigenvalue weighted by Gasteiger charge is -2.07. The van der Waals surface area contributed by atoms with E-state index in [9.17, 15) is 0 Å². The minimum absolute atomic E-state index is 0.601. The maximum absolute atomic E-state index is 5.71. The lowest BCUT2D eigenvalue weighted by Crippen LogP contribution is -2.00. The van der Waals surface area contributed by atoms with Crippen molar-refractivity contribution in [1.29, 1.82) is 0 Å². The number of fused-ring (bicyclic) bond motifs is 1. The van der Waals surface area contributed by atoms with Crippen molar-refractivity contribution in [3.05, 3.63) is 42.2 Å². The third kappa shape index (κ3) is 2.48. The van der Waals surface area contributed by atoms with Gasteiger partial charge in [0, 0.05) is 11.6 Å². The highest BCUT2D eigenvalue weighted by Crippen LogP contribution is 2.16. The Hall–Kier alpha value is -2.21. The fraction of sp³-hybridized carbons (Fsp3) is 0.167. The molecule has 0 spiro atoms. The van der Waals surface area contributed by atoms with Gasteiger partial charge in [0.15, 0.2) is 11.5 Å². The van der Waals surface area contributed by atoms with Gasteiger partial charge < -0.3 is 5.32 Å². The van der Waals surface area contributed by atoms with Crippen LogP contribution in [0.3, 0.4) is 0 Å². The number of alkyl halides is 1. The molecule has 0 radical (unpaired) electrons. The highest BCUT2D eigenvalue weighted by Gasteiger charge is 2.04. The molecule has 0 aliphatic carbocycles. The van der Waals surface area contributed by atoms with Gasteiger partial charge >= 0.3 is 0 Å². The van der Waals surface area contributed by atoms with Gasteiger partial charge in [-0.2, -0.15) is 4.52 Å². The van der Waals surface area contributed by atoms with Crippen LogP contribution in [0.1, 0.15) is 5.56 Å². The minimum atomic E-state index is 0.601. The SMILES string of the molecule is ClCCc1ccc(Nc2cncc3nnnn23)cc1. The van der Waals surface area contributed by atoms with Crippen LogP contribution < -0.4 is 5.32 Å². The smallest absolute Gasteiger partial charge is 0.199 e. The van der Waals surface area contributed by atoms with Crippen molar-refractivity contribution in [2.45, 2.75) is 6.42 Å². The summed E-state index contributed by atoms with van der Waals surface area (Å²) >= 11 is 5.71. The van der Waals surface area contributed by atoms with Crippen molar-refractivity contribution >= 4 is 28.8 Å². The third-order valence-electron chi connectivity index (χ3n) is 2.72. The first kappa shape index (κ1) is 11.9. The van der Waals surface area contributed by atoms with E-state index in [1.54, 1.807) is 16.9 Å². The van der Waals surface area contributed by atoms with Crippen LogP contribution in [0.2, 0.25) is 0 Å². The third-order valence-corrected chi connectivity index (χ3v) is 2.91. The number of anilines is 2. The number of hydrogen-bond acceptors (Lipinski definition) is 5. The molecular weight excluding hydrogens is 264 g/mol. The summed E-state index contributed by atoms with van der Waals surface area (Å²) < 4.78 is 1.60. The Labute approximate surface area is 114 Å². The van der Waals surface area contributed by atoms with E-state index in [1.165, 1.54) is 5.56 Å². The standard InChI is InChI=1S/C12H11ClN6/c13-6-5-9-1-3-10(4-2-9)15-11-7-14-8-12-16-17-18-19(11)12/h1-4,7-8,15H,5-6H2. The van der Waals surface area contributed by atoms with E-state index in [-0.39, 0.29) is 0 Å². The molecule has 6 nitrogen and oxygen atoms in total. The summed E-state index contributed by atoms with van der Waals surface area (Å²) in [5.41, 5.74) is 2.76. The van der Waals surface area contributed by atoms with Crippen LogP contribution in [0.15, 0.2) is 36.7 Å². The number of nitrogens with zero attached hydrogens (tertiary/aromatic N) is 5. The van der Waals surface area contributed by atoms with Gasteiger partial charge in [-0.25, -0.2) is 0 Å². The second-order valence-electron chi connectivity index (χ2n) is 4.00. The number of tetrazole rings is 1. The lowest BCUT2D eigenvalue weighted by atomic mass is 10.1. The Balaban J connectivity index is 1.86. The fourth-order valence-electron chi connectivity index (χ4n) is 1.77. The zero-order valence-corrected chi connectivity index (χ0v) is 10.7. The molecule has 2 aromatic heterocycles. The van der Waals surface area contributed by atoms with Gasteiger partial charge in [0.1, 0.15) is 0 Å². The number of benzene rings is 1.